The zero-order valence-corrected chi connectivity index (χ0v) is 16.9. The highest BCUT2D eigenvalue weighted by atomic mass is 32.1. The Labute approximate surface area is 173 Å². The molecule has 1 aliphatic rings. The molecule has 4 aromatic rings. The molecule has 7 heteroatoms. The van der Waals surface area contributed by atoms with Gasteiger partial charge in [0.2, 0.25) is 4.96 Å². The summed E-state index contributed by atoms with van der Waals surface area (Å²) in [6.45, 7) is 4.83. The van der Waals surface area contributed by atoms with E-state index < -0.39 is 0 Å². The second-order valence-electron chi connectivity index (χ2n) is 7.09. The second-order valence-corrected chi connectivity index (χ2v) is 8.08. The van der Waals surface area contributed by atoms with E-state index in [4.69, 9.17) is 5.10 Å². The SMILES string of the molecule is C(=Cc1nn2c(CN3CCN(c4ccccc4)CC3)nnc2s1)c1ccccc1. The molecule has 0 bridgehead atoms. The van der Waals surface area contributed by atoms with Crippen LogP contribution in [0.3, 0.4) is 0 Å². The van der Waals surface area contributed by atoms with Crippen LogP contribution < -0.4 is 4.90 Å². The number of anilines is 1. The fourth-order valence-corrected chi connectivity index (χ4v) is 4.33. The van der Waals surface area contributed by atoms with Crippen LogP contribution in [-0.4, -0.2) is 50.9 Å². The van der Waals surface area contributed by atoms with Crippen LogP contribution in [-0.2, 0) is 6.54 Å². The maximum absolute atomic E-state index is 4.70. The summed E-state index contributed by atoms with van der Waals surface area (Å²) in [7, 11) is 0. The molecule has 3 heterocycles. The van der Waals surface area contributed by atoms with Crippen LogP contribution in [0, 0.1) is 0 Å². The molecule has 0 amide bonds. The Morgan fingerprint density at radius 2 is 1.55 bits per heavy atom. The van der Waals surface area contributed by atoms with Gasteiger partial charge >= 0.3 is 0 Å². The van der Waals surface area contributed by atoms with Crippen molar-refractivity contribution < 1.29 is 0 Å². The second kappa shape index (κ2) is 8.14. The number of fused-ring (bicyclic) bond motifs is 1. The van der Waals surface area contributed by atoms with E-state index >= 15 is 0 Å². The topological polar surface area (TPSA) is 49.6 Å². The van der Waals surface area contributed by atoms with Gasteiger partial charge in [-0.1, -0.05) is 65.9 Å². The average molecular weight is 403 g/mol. The Kier molecular flexibility index (Phi) is 5.06. The molecule has 5 rings (SSSR count). The molecule has 1 aliphatic heterocycles. The van der Waals surface area contributed by atoms with Gasteiger partial charge in [-0.15, -0.1) is 10.2 Å². The van der Waals surface area contributed by atoms with Gasteiger partial charge in [-0.3, -0.25) is 4.90 Å². The first-order valence-electron chi connectivity index (χ1n) is 9.82. The van der Waals surface area contributed by atoms with Crippen LogP contribution in [0.5, 0.6) is 0 Å². The molecule has 2 aromatic heterocycles. The molecule has 6 nitrogen and oxygen atoms in total. The fraction of sp³-hybridized carbons (Fsp3) is 0.227. The minimum Gasteiger partial charge on any atom is -0.369 e. The van der Waals surface area contributed by atoms with Gasteiger partial charge in [-0.05, 0) is 23.8 Å². The monoisotopic (exact) mass is 402 g/mol. The van der Waals surface area contributed by atoms with Crippen LogP contribution in [0.1, 0.15) is 16.4 Å². The van der Waals surface area contributed by atoms with Gasteiger partial charge in [0.15, 0.2) is 5.82 Å². The minimum atomic E-state index is 0.773. The average Bonchev–Trinajstić information content (AvgIpc) is 3.36. The van der Waals surface area contributed by atoms with Gasteiger partial charge in [0.1, 0.15) is 5.01 Å². The van der Waals surface area contributed by atoms with Crippen molar-refractivity contribution in [3.63, 3.8) is 0 Å². The minimum absolute atomic E-state index is 0.773. The Balaban J connectivity index is 1.24. The summed E-state index contributed by atoms with van der Waals surface area (Å²) in [4.78, 5) is 5.70. The maximum atomic E-state index is 4.70. The Bertz CT molecular complexity index is 1090. The lowest BCUT2D eigenvalue weighted by atomic mass is 10.2. The molecule has 0 radical (unpaired) electrons. The van der Waals surface area contributed by atoms with Gasteiger partial charge in [0.25, 0.3) is 0 Å². The van der Waals surface area contributed by atoms with Crippen LogP contribution >= 0.6 is 11.3 Å². The zero-order valence-electron chi connectivity index (χ0n) is 16.1. The molecule has 0 aliphatic carbocycles. The van der Waals surface area contributed by atoms with Crippen LogP contribution in [0.2, 0.25) is 0 Å². The summed E-state index contributed by atoms with van der Waals surface area (Å²) in [6.07, 6.45) is 4.12. The molecular formula is C22H22N6S. The van der Waals surface area contributed by atoms with E-state index in [1.807, 2.05) is 28.8 Å². The van der Waals surface area contributed by atoms with Crippen LogP contribution in [0.4, 0.5) is 5.69 Å². The summed E-state index contributed by atoms with van der Waals surface area (Å²) < 4.78 is 1.89. The number of benzene rings is 2. The highest BCUT2D eigenvalue weighted by molar-refractivity contribution is 7.17. The summed E-state index contributed by atoms with van der Waals surface area (Å²) in [5.41, 5.74) is 2.46. The van der Waals surface area contributed by atoms with Gasteiger partial charge < -0.3 is 4.90 Å². The number of para-hydroxylation sites is 1. The van der Waals surface area contributed by atoms with Crippen molar-refractivity contribution >= 4 is 34.1 Å². The van der Waals surface area contributed by atoms with Crippen molar-refractivity contribution in [2.75, 3.05) is 31.1 Å². The zero-order chi connectivity index (χ0) is 19.5. The molecule has 0 spiro atoms. The highest BCUT2D eigenvalue weighted by Gasteiger charge is 2.20. The Morgan fingerprint density at radius 1 is 0.828 bits per heavy atom. The number of hydrogen-bond donors (Lipinski definition) is 0. The van der Waals surface area contributed by atoms with Crippen LogP contribution in [0.15, 0.2) is 60.7 Å². The number of hydrogen-bond acceptors (Lipinski definition) is 6. The van der Waals surface area contributed by atoms with E-state index in [0.717, 1.165) is 54.1 Å². The molecule has 2 aromatic carbocycles. The number of nitrogens with zero attached hydrogens (tertiary/aromatic N) is 6. The van der Waals surface area contributed by atoms with E-state index in [9.17, 15) is 0 Å². The number of aromatic nitrogens is 4. The Morgan fingerprint density at radius 3 is 2.31 bits per heavy atom. The molecule has 0 atom stereocenters. The Hall–Kier alpha value is -3.03. The number of piperazine rings is 1. The highest BCUT2D eigenvalue weighted by Crippen LogP contribution is 2.19. The fourth-order valence-electron chi connectivity index (χ4n) is 3.57. The van der Waals surface area contributed by atoms with Crippen molar-refractivity contribution in [2.24, 2.45) is 0 Å². The van der Waals surface area contributed by atoms with E-state index in [0.29, 0.717) is 0 Å². The van der Waals surface area contributed by atoms with E-state index in [-0.39, 0.29) is 0 Å². The third-order valence-electron chi connectivity index (χ3n) is 5.15. The van der Waals surface area contributed by atoms with E-state index in [1.165, 1.54) is 5.69 Å². The smallest absolute Gasteiger partial charge is 0.235 e. The summed E-state index contributed by atoms with van der Waals surface area (Å²) in [5, 5.41) is 14.3. The third-order valence-corrected chi connectivity index (χ3v) is 6.01. The van der Waals surface area contributed by atoms with Gasteiger partial charge in [0, 0.05) is 31.9 Å². The van der Waals surface area contributed by atoms with Crippen molar-refractivity contribution in [2.45, 2.75) is 6.54 Å². The van der Waals surface area contributed by atoms with E-state index in [2.05, 4.69) is 68.5 Å². The van der Waals surface area contributed by atoms with Crippen molar-refractivity contribution in [1.29, 1.82) is 0 Å². The van der Waals surface area contributed by atoms with E-state index in [1.54, 1.807) is 11.3 Å². The molecule has 1 fully saturated rings. The summed E-state index contributed by atoms with van der Waals surface area (Å²) >= 11 is 1.56. The third kappa shape index (κ3) is 4.06. The quantitative estimate of drug-likeness (QED) is 0.510. The number of rotatable bonds is 5. The van der Waals surface area contributed by atoms with Gasteiger partial charge in [-0.25, -0.2) is 0 Å². The lowest BCUT2D eigenvalue weighted by Gasteiger charge is -2.35. The first-order chi connectivity index (χ1) is 14.3. The largest absolute Gasteiger partial charge is 0.369 e. The molecule has 0 saturated carbocycles. The van der Waals surface area contributed by atoms with Crippen LogP contribution in [0.25, 0.3) is 17.1 Å². The standard InChI is InChI=1S/C22H22N6S/c1-3-7-18(8-4-1)11-12-21-25-28-20(23-24-22(28)29-21)17-26-13-15-27(16-14-26)19-9-5-2-6-10-19/h1-12H,13-17H2. The normalized spacial score (nSPS) is 15.5. The predicted octanol–water partition coefficient (Wildman–Crippen LogP) is 3.68. The first kappa shape index (κ1) is 18.0. The van der Waals surface area contributed by atoms with Crippen molar-refractivity contribution in [3.8, 4) is 0 Å². The first-order valence-corrected chi connectivity index (χ1v) is 10.6. The van der Waals surface area contributed by atoms with Crippen molar-refractivity contribution in [1.82, 2.24) is 24.7 Å². The molecule has 146 valence electrons. The van der Waals surface area contributed by atoms with Gasteiger partial charge in [-0.2, -0.15) is 9.61 Å². The molecular weight excluding hydrogens is 380 g/mol. The lowest BCUT2D eigenvalue weighted by Crippen LogP contribution is -2.46. The summed E-state index contributed by atoms with van der Waals surface area (Å²) in [6, 6.07) is 20.9. The lowest BCUT2D eigenvalue weighted by molar-refractivity contribution is 0.242. The predicted molar refractivity (Wildman–Crippen MR) is 118 cm³/mol. The molecule has 0 N–H and O–H groups in total. The maximum Gasteiger partial charge on any atom is 0.235 e. The van der Waals surface area contributed by atoms with Crippen molar-refractivity contribution in [3.05, 3.63) is 77.1 Å². The summed E-state index contributed by atoms with van der Waals surface area (Å²) in [5.74, 6) is 0.906. The molecule has 29 heavy (non-hydrogen) atoms. The molecule has 1 saturated heterocycles. The van der Waals surface area contributed by atoms with Gasteiger partial charge in [0.05, 0.1) is 6.54 Å². The molecule has 0 unspecified atom stereocenters.